The minimum atomic E-state index is -4.25. The van der Waals surface area contributed by atoms with E-state index in [1.54, 1.807) is 19.6 Å². The minimum Gasteiger partial charge on any atom is -0.396 e. The van der Waals surface area contributed by atoms with Gasteiger partial charge in [0.2, 0.25) is 0 Å². The van der Waals surface area contributed by atoms with E-state index < -0.39 is 19.4 Å². The molecule has 1 heterocycles. The third-order valence-corrected chi connectivity index (χ3v) is 4.73. The highest BCUT2D eigenvalue weighted by molar-refractivity contribution is 8.00. The smallest absolute Gasteiger partial charge is 0.396 e. The highest BCUT2D eigenvalue weighted by Crippen LogP contribution is 2.50. The third-order valence-electron chi connectivity index (χ3n) is 2.14. The molecule has 0 N–H and O–H groups in total. The van der Waals surface area contributed by atoms with E-state index in [2.05, 4.69) is 0 Å². The van der Waals surface area contributed by atoms with E-state index in [1.165, 1.54) is 0 Å². The van der Waals surface area contributed by atoms with E-state index >= 15 is 0 Å². The predicted octanol–water partition coefficient (Wildman–Crippen LogP) is 4.01. The fraction of sp³-hybridized carbons (Fsp3) is 1.00. The Kier molecular flexibility index (Phi) is 3.83. The Balaban J connectivity index is 2.86. The molecule has 1 saturated heterocycles. The van der Waals surface area contributed by atoms with Gasteiger partial charge in [0.25, 0.3) is 0 Å². The first-order chi connectivity index (χ1) is 6.66. The van der Waals surface area contributed by atoms with Gasteiger partial charge in [-0.25, -0.2) is 0 Å². The van der Waals surface area contributed by atoms with Crippen molar-refractivity contribution in [3.8, 4) is 0 Å². The highest BCUT2D eigenvalue weighted by Gasteiger charge is 2.58. The lowest BCUT2D eigenvalue weighted by atomic mass is 10.1. The van der Waals surface area contributed by atoms with Gasteiger partial charge in [0.1, 0.15) is 0 Å². The topological polar surface area (TPSA) is 9.23 Å². The molecule has 1 unspecified atom stereocenters. The molecule has 0 amide bonds. The zero-order valence-electron chi connectivity index (χ0n) is 9.28. The molecule has 1 aliphatic rings. The lowest BCUT2D eigenvalue weighted by Crippen LogP contribution is -2.52. The first kappa shape index (κ1) is 13.4. The number of halogens is 3. The van der Waals surface area contributed by atoms with Crippen LogP contribution in [0.5, 0.6) is 0 Å². The van der Waals surface area contributed by atoms with Gasteiger partial charge in [-0.3, -0.25) is 0 Å². The quantitative estimate of drug-likeness (QED) is 0.692. The van der Waals surface area contributed by atoms with Crippen molar-refractivity contribution in [1.82, 2.24) is 0 Å². The normalized spacial score (nSPS) is 29.2. The monoisotopic (exact) mass is 258 g/mol. The Morgan fingerprint density at radius 1 is 1.20 bits per heavy atom. The van der Waals surface area contributed by atoms with Gasteiger partial charge in [0, 0.05) is 0 Å². The maximum absolute atomic E-state index is 13.0. The van der Waals surface area contributed by atoms with Crippen LogP contribution in [-0.2, 0) is 4.43 Å². The van der Waals surface area contributed by atoms with E-state index in [0.717, 1.165) is 18.2 Å². The van der Waals surface area contributed by atoms with Crippen LogP contribution in [0.25, 0.3) is 0 Å². The van der Waals surface area contributed by atoms with Crippen molar-refractivity contribution in [2.45, 2.75) is 50.0 Å². The maximum Gasteiger partial charge on any atom is 0.426 e. The van der Waals surface area contributed by atoms with Crippen LogP contribution in [0, 0.1) is 0 Å². The van der Waals surface area contributed by atoms with Crippen molar-refractivity contribution >= 4 is 20.1 Å². The molecule has 0 aromatic carbocycles. The Hall–Kier alpha value is 0.317. The molecule has 90 valence electrons. The number of thioether (sulfide) groups is 1. The number of hydrogen-bond donors (Lipinski definition) is 0. The first-order valence-electron chi connectivity index (χ1n) is 5.07. The summed E-state index contributed by atoms with van der Waals surface area (Å²) >= 11 is 0.932. The number of hydrogen-bond acceptors (Lipinski definition) is 2. The molecule has 0 aromatic rings. The first-order valence-corrected chi connectivity index (χ1v) is 9.47. The second kappa shape index (κ2) is 4.29. The molecule has 1 atom stereocenters. The van der Waals surface area contributed by atoms with Crippen molar-refractivity contribution in [3.63, 3.8) is 0 Å². The second-order valence-electron chi connectivity index (χ2n) is 4.77. The molecule has 15 heavy (non-hydrogen) atoms. The lowest BCUT2D eigenvalue weighted by molar-refractivity contribution is -0.216. The standard InChI is InChI=1S/C9H17F3OSSi/c1-15(2,3)13-8(9(10,11)12)6-4-5-7-14-8/h4-7H2,1-3H3. The second-order valence-corrected chi connectivity index (χ2v) is 10.6. The average Bonchev–Trinajstić information content (AvgIpc) is 2.00. The van der Waals surface area contributed by atoms with Gasteiger partial charge in [-0.2, -0.15) is 13.2 Å². The van der Waals surface area contributed by atoms with Gasteiger partial charge < -0.3 is 4.43 Å². The number of alkyl halides is 3. The summed E-state index contributed by atoms with van der Waals surface area (Å²) in [4.78, 5) is -1.92. The Morgan fingerprint density at radius 3 is 2.13 bits per heavy atom. The molecule has 1 rings (SSSR count). The van der Waals surface area contributed by atoms with Crippen LogP contribution in [-0.4, -0.2) is 25.2 Å². The minimum absolute atomic E-state index is 0.103. The van der Waals surface area contributed by atoms with Crippen molar-refractivity contribution in [2.75, 3.05) is 5.75 Å². The van der Waals surface area contributed by atoms with Gasteiger partial charge in [-0.15, -0.1) is 11.8 Å². The molecule has 0 radical (unpaired) electrons. The van der Waals surface area contributed by atoms with Crippen LogP contribution < -0.4 is 0 Å². The Labute approximate surface area is 93.9 Å². The Morgan fingerprint density at radius 2 is 1.80 bits per heavy atom. The fourth-order valence-electron chi connectivity index (χ4n) is 1.63. The maximum atomic E-state index is 13.0. The van der Waals surface area contributed by atoms with E-state index in [9.17, 15) is 13.2 Å². The van der Waals surface area contributed by atoms with Crippen LogP contribution in [0.1, 0.15) is 19.3 Å². The van der Waals surface area contributed by atoms with Crippen molar-refractivity contribution in [1.29, 1.82) is 0 Å². The van der Waals surface area contributed by atoms with E-state index in [0.29, 0.717) is 12.2 Å². The zero-order valence-corrected chi connectivity index (χ0v) is 11.1. The van der Waals surface area contributed by atoms with Gasteiger partial charge in [0.05, 0.1) is 0 Å². The van der Waals surface area contributed by atoms with Crippen LogP contribution in [0.4, 0.5) is 13.2 Å². The van der Waals surface area contributed by atoms with E-state index in [1.807, 2.05) is 0 Å². The summed E-state index contributed by atoms with van der Waals surface area (Å²) in [6, 6.07) is 0. The summed E-state index contributed by atoms with van der Waals surface area (Å²) < 4.78 is 44.4. The molecule has 0 spiro atoms. The predicted molar refractivity (Wildman–Crippen MR) is 59.5 cm³/mol. The third kappa shape index (κ3) is 3.39. The van der Waals surface area contributed by atoms with Crippen LogP contribution in [0.3, 0.4) is 0 Å². The molecule has 0 aliphatic carbocycles. The van der Waals surface area contributed by atoms with Crippen LogP contribution >= 0.6 is 11.8 Å². The van der Waals surface area contributed by atoms with Gasteiger partial charge in [0.15, 0.2) is 13.3 Å². The summed E-state index contributed by atoms with van der Waals surface area (Å²) in [5.74, 6) is 0.546. The van der Waals surface area contributed by atoms with Gasteiger partial charge in [-0.05, 0) is 44.7 Å². The molecular weight excluding hydrogens is 241 g/mol. The average molecular weight is 258 g/mol. The SMILES string of the molecule is C[Si](C)(C)OC1(C(F)(F)F)CCCCS1. The summed E-state index contributed by atoms with van der Waals surface area (Å²) in [7, 11) is -2.17. The Bertz CT molecular complexity index is 218. The van der Waals surface area contributed by atoms with Crippen molar-refractivity contribution in [2.24, 2.45) is 0 Å². The molecule has 0 aromatic heterocycles. The van der Waals surface area contributed by atoms with E-state index in [4.69, 9.17) is 4.43 Å². The molecule has 6 heteroatoms. The summed E-state index contributed by atoms with van der Waals surface area (Å²) in [6.45, 7) is 5.40. The summed E-state index contributed by atoms with van der Waals surface area (Å²) in [5.41, 5.74) is 0. The molecular formula is C9H17F3OSSi. The summed E-state index contributed by atoms with van der Waals surface area (Å²) in [6.07, 6.45) is -2.68. The molecule has 1 aliphatic heterocycles. The molecule has 1 nitrogen and oxygen atoms in total. The number of rotatable bonds is 2. The van der Waals surface area contributed by atoms with Gasteiger partial charge >= 0.3 is 6.18 Å². The van der Waals surface area contributed by atoms with Crippen LogP contribution in [0.2, 0.25) is 19.6 Å². The van der Waals surface area contributed by atoms with Gasteiger partial charge in [-0.1, -0.05) is 0 Å². The lowest BCUT2D eigenvalue weighted by Gasteiger charge is -2.42. The fourth-order valence-corrected chi connectivity index (χ4v) is 4.95. The largest absolute Gasteiger partial charge is 0.426 e. The summed E-state index contributed by atoms with van der Waals surface area (Å²) in [5, 5.41) is 0. The zero-order chi connectivity index (χ0) is 11.7. The van der Waals surface area contributed by atoms with Crippen molar-refractivity contribution < 1.29 is 17.6 Å². The molecule has 0 saturated carbocycles. The highest BCUT2D eigenvalue weighted by atomic mass is 32.2. The molecule has 0 bridgehead atoms. The van der Waals surface area contributed by atoms with Crippen molar-refractivity contribution in [3.05, 3.63) is 0 Å². The molecule has 1 fully saturated rings. The van der Waals surface area contributed by atoms with E-state index in [-0.39, 0.29) is 6.42 Å². The van der Waals surface area contributed by atoms with Crippen LogP contribution in [0.15, 0.2) is 0 Å².